The summed E-state index contributed by atoms with van der Waals surface area (Å²) < 4.78 is 2.05. The smallest absolute Gasteiger partial charge is 0.223 e. The summed E-state index contributed by atoms with van der Waals surface area (Å²) in [5.41, 5.74) is 5.62. The van der Waals surface area contributed by atoms with Gasteiger partial charge in [0.1, 0.15) is 12.0 Å². The number of nitrogens with one attached hydrogen (secondary N) is 3. The summed E-state index contributed by atoms with van der Waals surface area (Å²) in [5.74, 6) is 0.666. The minimum Gasteiger partial charge on any atom is -0.352 e. The zero-order valence-corrected chi connectivity index (χ0v) is 19.2. The summed E-state index contributed by atoms with van der Waals surface area (Å²) in [6, 6.07) is 4.35. The van der Waals surface area contributed by atoms with Crippen LogP contribution in [0.4, 0.5) is 17.3 Å². The average molecular weight is 444 g/mol. The Balaban J connectivity index is 1.40. The molecule has 33 heavy (non-hydrogen) atoms. The lowest BCUT2D eigenvalue weighted by atomic mass is 9.81. The van der Waals surface area contributed by atoms with Crippen molar-refractivity contribution in [2.45, 2.75) is 51.1 Å². The van der Waals surface area contributed by atoms with Gasteiger partial charge in [-0.2, -0.15) is 0 Å². The van der Waals surface area contributed by atoms with E-state index in [4.69, 9.17) is 4.98 Å². The Bertz CT molecular complexity index is 1240. The molecular weight excluding hydrogens is 414 g/mol. The SMILES string of the molecule is CNC1(C)CCC(Nc2ncc(C)c(-c3cnc4ccc(Nc5cncnc5)cn34)n2)CC1. The molecule has 0 saturated heterocycles. The molecule has 9 nitrogen and oxygen atoms in total. The van der Waals surface area contributed by atoms with Gasteiger partial charge < -0.3 is 16.0 Å². The van der Waals surface area contributed by atoms with Crippen LogP contribution in [0.5, 0.6) is 0 Å². The predicted molar refractivity (Wildman–Crippen MR) is 130 cm³/mol. The van der Waals surface area contributed by atoms with Gasteiger partial charge in [0.25, 0.3) is 0 Å². The van der Waals surface area contributed by atoms with Crippen molar-refractivity contribution >= 4 is 23.0 Å². The number of imidazole rings is 1. The maximum Gasteiger partial charge on any atom is 0.223 e. The van der Waals surface area contributed by atoms with Crippen LogP contribution in [0.15, 0.2) is 49.4 Å². The van der Waals surface area contributed by atoms with Gasteiger partial charge in [0.15, 0.2) is 0 Å². The highest BCUT2D eigenvalue weighted by molar-refractivity contribution is 5.67. The highest BCUT2D eigenvalue weighted by atomic mass is 15.1. The van der Waals surface area contributed by atoms with Crippen molar-refractivity contribution < 1.29 is 0 Å². The summed E-state index contributed by atoms with van der Waals surface area (Å²) in [5, 5.41) is 10.3. The van der Waals surface area contributed by atoms with Gasteiger partial charge in [-0.25, -0.2) is 24.9 Å². The van der Waals surface area contributed by atoms with E-state index in [9.17, 15) is 0 Å². The molecule has 1 saturated carbocycles. The molecule has 170 valence electrons. The maximum absolute atomic E-state index is 4.89. The number of aryl methyl sites for hydroxylation is 1. The largest absolute Gasteiger partial charge is 0.352 e. The first-order chi connectivity index (χ1) is 16.0. The summed E-state index contributed by atoms with van der Waals surface area (Å²) in [4.78, 5) is 22.1. The van der Waals surface area contributed by atoms with Crippen molar-refractivity contribution in [2.24, 2.45) is 0 Å². The minimum absolute atomic E-state index is 0.228. The summed E-state index contributed by atoms with van der Waals surface area (Å²) in [6.07, 6.45) is 15.2. The van der Waals surface area contributed by atoms with Crippen LogP contribution in [-0.4, -0.2) is 47.9 Å². The van der Waals surface area contributed by atoms with Gasteiger partial charge in [-0.05, 0) is 64.3 Å². The predicted octanol–water partition coefficient (Wildman–Crippen LogP) is 3.97. The van der Waals surface area contributed by atoms with E-state index in [2.05, 4.69) is 42.8 Å². The maximum atomic E-state index is 4.89. The summed E-state index contributed by atoms with van der Waals surface area (Å²) in [7, 11) is 2.05. The van der Waals surface area contributed by atoms with Crippen LogP contribution >= 0.6 is 0 Å². The van der Waals surface area contributed by atoms with Crippen LogP contribution in [0.25, 0.3) is 17.0 Å². The minimum atomic E-state index is 0.228. The first-order valence-electron chi connectivity index (χ1n) is 11.3. The van der Waals surface area contributed by atoms with E-state index in [-0.39, 0.29) is 5.54 Å². The zero-order chi connectivity index (χ0) is 22.8. The molecule has 0 unspecified atom stereocenters. The fraction of sp³-hybridized carbons (Fsp3) is 0.375. The Morgan fingerprint density at radius 2 is 1.79 bits per heavy atom. The normalized spacial score (nSPS) is 20.6. The topological polar surface area (TPSA) is 105 Å². The summed E-state index contributed by atoms with van der Waals surface area (Å²) in [6.45, 7) is 4.32. The van der Waals surface area contributed by atoms with E-state index in [1.807, 2.05) is 49.1 Å². The second kappa shape index (κ2) is 8.74. The van der Waals surface area contributed by atoms with Crippen LogP contribution in [-0.2, 0) is 0 Å². The van der Waals surface area contributed by atoms with Gasteiger partial charge in [0.05, 0.1) is 41.4 Å². The number of fused-ring (bicyclic) bond motifs is 1. The molecule has 4 aromatic rings. The van der Waals surface area contributed by atoms with E-state index in [0.29, 0.717) is 12.0 Å². The molecule has 0 aromatic carbocycles. The Labute approximate surface area is 193 Å². The van der Waals surface area contributed by atoms with E-state index in [1.54, 1.807) is 12.4 Å². The molecule has 1 aliphatic carbocycles. The number of anilines is 3. The molecule has 5 rings (SSSR count). The van der Waals surface area contributed by atoms with Crippen molar-refractivity contribution in [3.05, 3.63) is 55.0 Å². The van der Waals surface area contributed by atoms with Crippen molar-refractivity contribution in [2.75, 3.05) is 17.7 Å². The number of pyridine rings is 1. The Morgan fingerprint density at radius 1 is 1.00 bits per heavy atom. The van der Waals surface area contributed by atoms with E-state index in [0.717, 1.165) is 59.7 Å². The molecule has 0 amide bonds. The number of hydrogen-bond donors (Lipinski definition) is 3. The quantitative estimate of drug-likeness (QED) is 0.411. The van der Waals surface area contributed by atoms with Crippen LogP contribution in [0, 0.1) is 6.92 Å². The fourth-order valence-electron chi connectivity index (χ4n) is 4.36. The van der Waals surface area contributed by atoms with E-state index >= 15 is 0 Å². The molecular formula is C24H29N9. The lowest BCUT2D eigenvalue weighted by Gasteiger charge is -2.37. The zero-order valence-electron chi connectivity index (χ0n) is 19.2. The second-order valence-corrected chi connectivity index (χ2v) is 9.00. The molecule has 3 N–H and O–H groups in total. The molecule has 0 spiro atoms. The highest BCUT2D eigenvalue weighted by Gasteiger charge is 2.29. The van der Waals surface area contributed by atoms with Gasteiger partial charge in [-0.1, -0.05) is 0 Å². The van der Waals surface area contributed by atoms with Crippen LogP contribution < -0.4 is 16.0 Å². The molecule has 0 radical (unpaired) electrons. The highest BCUT2D eigenvalue weighted by Crippen LogP contribution is 2.30. The molecule has 0 atom stereocenters. The van der Waals surface area contributed by atoms with E-state index < -0.39 is 0 Å². The van der Waals surface area contributed by atoms with Crippen molar-refractivity contribution in [3.8, 4) is 11.4 Å². The third kappa shape index (κ3) is 4.49. The second-order valence-electron chi connectivity index (χ2n) is 9.00. The molecule has 0 bridgehead atoms. The van der Waals surface area contributed by atoms with Gasteiger partial charge in [0.2, 0.25) is 5.95 Å². The Morgan fingerprint density at radius 3 is 2.55 bits per heavy atom. The average Bonchev–Trinajstić information content (AvgIpc) is 3.26. The van der Waals surface area contributed by atoms with Gasteiger partial charge in [0, 0.05) is 24.0 Å². The molecule has 9 heteroatoms. The first-order valence-corrected chi connectivity index (χ1v) is 11.3. The van der Waals surface area contributed by atoms with E-state index in [1.165, 1.54) is 6.33 Å². The molecule has 1 aliphatic rings. The Hall–Kier alpha value is -3.59. The molecule has 1 fully saturated rings. The third-order valence-electron chi connectivity index (χ3n) is 6.60. The van der Waals surface area contributed by atoms with Gasteiger partial charge >= 0.3 is 0 Å². The summed E-state index contributed by atoms with van der Waals surface area (Å²) >= 11 is 0. The standard InChI is InChI=1S/C24H29N9/c1-16-10-29-23(31-17-6-8-24(2,25-3)9-7-17)32-22(16)20-13-28-21-5-4-18(14-33(20)21)30-19-11-26-15-27-12-19/h4-5,10-15,17,25,30H,6-9H2,1-3H3,(H,29,31,32). The third-order valence-corrected chi connectivity index (χ3v) is 6.60. The molecule has 0 aliphatic heterocycles. The molecule has 4 aromatic heterocycles. The number of rotatable bonds is 6. The number of aromatic nitrogens is 6. The van der Waals surface area contributed by atoms with Gasteiger partial charge in [-0.15, -0.1) is 0 Å². The van der Waals surface area contributed by atoms with Crippen LogP contribution in [0.3, 0.4) is 0 Å². The fourth-order valence-corrected chi connectivity index (χ4v) is 4.36. The molecule has 4 heterocycles. The monoisotopic (exact) mass is 443 g/mol. The first kappa shape index (κ1) is 21.3. The van der Waals surface area contributed by atoms with Crippen LogP contribution in [0.2, 0.25) is 0 Å². The van der Waals surface area contributed by atoms with Crippen molar-refractivity contribution in [3.63, 3.8) is 0 Å². The number of nitrogens with zero attached hydrogens (tertiary/aromatic N) is 6. The van der Waals surface area contributed by atoms with Crippen LogP contribution in [0.1, 0.15) is 38.2 Å². The Kier molecular flexibility index (Phi) is 5.63. The lowest BCUT2D eigenvalue weighted by molar-refractivity contribution is 0.259. The van der Waals surface area contributed by atoms with Crippen molar-refractivity contribution in [1.29, 1.82) is 0 Å². The van der Waals surface area contributed by atoms with Gasteiger partial charge in [-0.3, -0.25) is 4.40 Å². The lowest BCUT2D eigenvalue weighted by Crippen LogP contribution is -2.45. The number of hydrogen-bond acceptors (Lipinski definition) is 8. The van der Waals surface area contributed by atoms with Crippen molar-refractivity contribution in [1.82, 2.24) is 34.6 Å².